The zero-order valence-corrected chi connectivity index (χ0v) is 12.9. The molecule has 1 atom stereocenters. The molecule has 0 aromatic heterocycles. The van der Waals surface area contributed by atoms with E-state index in [1.165, 1.54) is 18.8 Å². The molecule has 3 nitrogen and oxygen atoms in total. The van der Waals surface area contributed by atoms with Crippen molar-refractivity contribution in [2.24, 2.45) is 0 Å². The third-order valence-corrected chi connectivity index (χ3v) is 4.59. The van der Waals surface area contributed by atoms with Gasteiger partial charge in [0, 0.05) is 50.1 Å². The van der Waals surface area contributed by atoms with Crippen LogP contribution in [0.1, 0.15) is 20.8 Å². The SMILES string of the molecule is CSCC(C)N(C)CC(C)(C)N1CCNCC1. The Labute approximate surface area is 111 Å². The molecule has 1 aliphatic heterocycles. The number of hydrogen-bond acceptors (Lipinski definition) is 4. The van der Waals surface area contributed by atoms with Crippen molar-refractivity contribution < 1.29 is 0 Å². The van der Waals surface area contributed by atoms with Crippen molar-refractivity contribution in [3.63, 3.8) is 0 Å². The largest absolute Gasteiger partial charge is 0.314 e. The summed E-state index contributed by atoms with van der Waals surface area (Å²) in [6, 6.07) is 0.659. The summed E-state index contributed by atoms with van der Waals surface area (Å²) < 4.78 is 0. The lowest BCUT2D eigenvalue weighted by atomic mass is 10.0. The first-order valence-electron chi connectivity index (χ1n) is 6.62. The van der Waals surface area contributed by atoms with E-state index >= 15 is 0 Å². The van der Waals surface area contributed by atoms with Crippen molar-refractivity contribution in [2.75, 3.05) is 51.8 Å². The van der Waals surface area contributed by atoms with Gasteiger partial charge >= 0.3 is 0 Å². The molecule has 1 heterocycles. The Morgan fingerprint density at radius 2 is 1.94 bits per heavy atom. The number of piperazine rings is 1. The van der Waals surface area contributed by atoms with Crippen LogP contribution >= 0.6 is 11.8 Å². The molecule has 17 heavy (non-hydrogen) atoms. The second-order valence-corrected chi connectivity index (χ2v) is 6.68. The van der Waals surface area contributed by atoms with Gasteiger partial charge in [0.05, 0.1) is 0 Å². The van der Waals surface area contributed by atoms with E-state index in [2.05, 4.69) is 49.2 Å². The van der Waals surface area contributed by atoms with E-state index in [9.17, 15) is 0 Å². The molecule has 0 radical (unpaired) electrons. The molecule has 0 aromatic rings. The minimum atomic E-state index is 0.281. The summed E-state index contributed by atoms with van der Waals surface area (Å²) in [7, 11) is 2.25. The number of rotatable bonds is 6. The highest BCUT2D eigenvalue weighted by Gasteiger charge is 2.29. The molecule has 1 rings (SSSR count). The number of thioether (sulfide) groups is 1. The summed E-state index contributed by atoms with van der Waals surface area (Å²) in [6.45, 7) is 12.8. The van der Waals surface area contributed by atoms with E-state index < -0.39 is 0 Å². The maximum absolute atomic E-state index is 3.42. The van der Waals surface area contributed by atoms with Crippen molar-refractivity contribution in [2.45, 2.75) is 32.4 Å². The molecule has 102 valence electrons. The minimum absolute atomic E-state index is 0.281. The molecule has 1 unspecified atom stereocenters. The third-order valence-electron chi connectivity index (χ3n) is 3.77. The van der Waals surface area contributed by atoms with E-state index in [0.29, 0.717) is 6.04 Å². The minimum Gasteiger partial charge on any atom is -0.314 e. The molecule has 0 saturated carbocycles. The zero-order valence-electron chi connectivity index (χ0n) is 12.1. The zero-order chi connectivity index (χ0) is 12.9. The van der Waals surface area contributed by atoms with Gasteiger partial charge in [-0.3, -0.25) is 4.90 Å². The molecule has 0 spiro atoms. The van der Waals surface area contributed by atoms with Crippen LogP contribution in [0.25, 0.3) is 0 Å². The molecule has 4 heteroatoms. The van der Waals surface area contributed by atoms with Crippen molar-refractivity contribution in [1.82, 2.24) is 15.1 Å². The highest BCUT2D eigenvalue weighted by Crippen LogP contribution is 2.18. The van der Waals surface area contributed by atoms with Crippen molar-refractivity contribution in [1.29, 1.82) is 0 Å². The van der Waals surface area contributed by atoms with Gasteiger partial charge in [0.25, 0.3) is 0 Å². The van der Waals surface area contributed by atoms with Gasteiger partial charge in [-0.1, -0.05) is 0 Å². The van der Waals surface area contributed by atoms with Gasteiger partial charge in [-0.15, -0.1) is 0 Å². The van der Waals surface area contributed by atoms with Crippen molar-refractivity contribution >= 4 is 11.8 Å². The van der Waals surface area contributed by atoms with E-state index in [1.54, 1.807) is 0 Å². The Bertz CT molecular complexity index is 215. The van der Waals surface area contributed by atoms with Crippen LogP contribution in [0.2, 0.25) is 0 Å². The van der Waals surface area contributed by atoms with Gasteiger partial charge in [-0.25, -0.2) is 0 Å². The molecular formula is C13H29N3S. The topological polar surface area (TPSA) is 18.5 Å². The normalized spacial score (nSPS) is 20.8. The van der Waals surface area contributed by atoms with Gasteiger partial charge in [-0.05, 0) is 34.1 Å². The Morgan fingerprint density at radius 3 is 2.47 bits per heavy atom. The van der Waals surface area contributed by atoms with Crippen LogP contribution in [0.5, 0.6) is 0 Å². The van der Waals surface area contributed by atoms with E-state index in [-0.39, 0.29) is 5.54 Å². The average molecular weight is 259 g/mol. The molecular weight excluding hydrogens is 230 g/mol. The fourth-order valence-corrected chi connectivity index (χ4v) is 3.24. The van der Waals surface area contributed by atoms with E-state index in [1.807, 2.05) is 11.8 Å². The van der Waals surface area contributed by atoms with Gasteiger partial charge in [-0.2, -0.15) is 11.8 Å². The number of nitrogens with one attached hydrogen (secondary N) is 1. The first kappa shape index (κ1) is 15.3. The van der Waals surface area contributed by atoms with Gasteiger partial charge < -0.3 is 10.2 Å². The van der Waals surface area contributed by atoms with Crippen LogP contribution in [0.3, 0.4) is 0 Å². The molecule has 0 amide bonds. The fraction of sp³-hybridized carbons (Fsp3) is 1.00. The Kier molecular flexibility index (Phi) is 6.27. The molecule has 1 N–H and O–H groups in total. The first-order valence-corrected chi connectivity index (χ1v) is 8.01. The third kappa shape index (κ3) is 4.78. The summed E-state index contributed by atoms with van der Waals surface area (Å²) in [5.74, 6) is 1.22. The smallest absolute Gasteiger partial charge is 0.0281 e. The van der Waals surface area contributed by atoms with Crippen molar-refractivity contribution in [3.05, 3.63) is 0 Å². The maximum atomic E-state index is 3.42. The van der Waals surface area contributed by atoms with Gasteiger partial charge in [0.15, 0.2) is 0 Å². The average Bonchev–Trinajstić information content (AvgIpc) is 2.30. The number of nitrogens with zero attached hydrogens (tertiary/aromatic N) is 2. The summed E-state index contributed by atoms with van der Waals surface area (Å²) in [5, 5.41) is 3.42. The van der Waals surface area contributed by atoms with E-state index in [0.717, 1.165) is 19.6 Å². The Balaban J connectivity index is 2.46. The molecule has 0 bridgehead atoms. The fourth-order valence-electron chi connectivity index (χ4n) is 2.50. The summed E-state index contributed by atoms with van der Waals surface area (Å²) in [5.41, 5.74) is 0.281. The number of likely N-dealkylation sites (N-methyl/N-ethyl adjacent to an activating group) is 1. The van der Waals surface area contributed by atoms with E-state index in [4.69, 9.17) is 0 Å². The van der Waals surface area contributed by atoms with Crippen LogP contribution in [-0.2, 0) is 0 Å². The van der Waals surface area contributed by atoms with Crippen LogP contribution in [0, 0.1) is 0 Å². The van der Waals surface area contributed by atoms with Crippen LogP contribution in [0.15, 0.2) is 0 Å². The summed E-state index contributed by atoms with van der Waals surface area (Å²) >= 11 is 1.93. The van der Waals surface area contributed by atoms with Crippen molar-refractivity contribution in [3.8, 4) is 0 Å². The highest BCUT2D eigenvalue weighted by molar-refractivity contribution is 7.98. The Morgan fingerprint density at radius 1 is 1.35 bits per heavy atom. The lowest BCUT2D eigenvalue weighted by Gasteiger charge is -2.44. The Hall–Kier alpha value is 0.230. The van der Waals surface area contributed by atoms with Gasteiger partial charge in [0.2, 0.25) is 0 Å². The lowest BCUT2D eigenvalue weighted by Crippen LogP contribution is -2.58. The van der Waals surface area contributed by atoms with Crippen LogP contribution in [0.4, 0.5) is 0 Å². The summed E-state index contributed by atoms with van der Waals surface area (Å²) in [6.07, 6.45) is 2.19. The quantitative estimate of drug-likeness (QED) is 0.776. The van der Waals surface area contributed by atoms with Crippen LogP contribution < -0.4 is 5.32 Å². The maximum Gasteiger partial charge on any atom is 0.0281 e. The van der Waals surface area contributed by atoms with Gasteiger partial charge in [0.1, 0.15) is 0 Å². The second-order valence-electron chi connectivity index (χ2n) is 5.77. The van der Waals surface area contributed by atoms with Crippen LogP contribution in [-0.4, -0.2) is 73.2 Å². The molecule has 0 aromatic carbocycles. The predicted octanol–water partition coefficient (Wildman–Crippen LogP) is 1.35. The number of hydrogen-bond donors (Lipinski definition) is 1. The molecule has 0 aliphatic carbocycles. The predicted molar refractivity (Wildman–Crippen MR) is 79.0 cm³/mol. The second kappa shape index (κ2) is 6.98. The standard InChI is InChI=1S/C13H29N3S/c1-12(10-17-5)15(4)11-13(2,3)16-8-6-14-7-9-16/h12,14H,6-11H2,1-5H3. The first-order chi connectivity index (χ1) is 7.97. The molecule has 1 aliphatic rings. The lowest BCUT2D eigenvalue weighted by molar-refractivity contribution is 0.0633. The monoisotopic (exact) mass is 259 g/mol. The molecule has 1 fully saturated rings. The summed E-state index contributed by atoms with van der Waals surface area (Å²) in [4.78, 5) is 5.12. The molecule has 1 saturated heterocycles. The highest BCUT2D eigenvalue weighted by atomic mass is 32.2.